The van der Waals surface area contributed by atoms with Crippen molar-refractivity contribution in [1.29, 1.82) is 0 Å². The molecule has 0 saturated heterocycles. The first-order valence-corrected chi connectivity index (χ1v) is 16.7. The number of carbonyl (C=O) groups excluding carboxylic acids is 3. The summed E-state index contributed by atoms with van der Waals surface area (Å²) >= 11 is 0. The lowest BCUT2D eigenvalue weighted by Crippen LogP contribution is -2.74. The van der Waals surface area contributed by atoms with Gasteiger partial charge >= 0.3 is 17.9 Å². The summed E-state index contributed by atoms with van der Waals surface area (Å²) in [7, 11) is 1.44. The van der Waals surface area contributed by atoms with Crippen molar-refractivity contribution in [3.05, 3.63) is 11.6 Å². The van der Waals surface area contributed by atoms with Crippen molar-refractivity contribution in [2.24, 2.45) is 50.2 Å². The van der Waals surface area contributed by atoms with Crippen LogP contribution < -0.4 is 0 Å². The van der Waals surface area contributed by atoms with Gasteiger partial charge in [0.25, 0.3) is 0 Å². The maximum Gasteiger partial charge on any atom is 0.312 e. The Morgan fingerprint density at radius 2 is 1.50 bits per heavy atom. The minimum Gasteiger partial charge on any atom is -0.469 e. The largest absolute Gasteiger partial charge is 0.469 e. The number of carbonyl (C=O) groups is 3. The minimum atomic E-state index is -1.23. The topological polar surface area (TPSA) is 119 Å². The molecule has 5 rings (SSSR count). The second-order valence-corrected chi connectivity index (χ2v) is 16.9. The highest BCUT2D eigenvalue weighted by Crippen LogP contribution is 2.79. The van der Waals surface area contributed by atoms with Gasteiger partial charge in [0.2, 0.25) is 0 Å². The predicted molar refractivity (Wildman–Crippen MR) is 165 cm³/mol. The molecule has 4 fully saturated rings. The summed E-state index contributed by atoms with van der Waals surface area (Å²) < 4.78 is 17.6. The summed E-state index contributed by atoms with van der Waals surface area (Å²) in [5.74, 6) is -1.24. The summed E-state index contributed by atoms with van der Waals surface area (Å²) in [5, 5.41) is 24.0. The van der Waals surface area contributed by atoms with Gasteiger partial charge in [0.1, 0.15) is 12.2 Å². The van der Waals surface area contributed by atoms with Crippen molar-refractivity contribution in [2.75, 3.05) is 7.11 Å². The zero-order chi connectivity index (χ0) is 33.1. The molecule has 4 saturated carbocycles. The molecule has 2 N–H and O–H groups in total. The smallest absolute Gasteiger partial charge is 0.312 e. The molecule has 0 aromatic carbocycles. The first-order valence-electron chi connectivity index (χ1n) is 16.7. The van der Waals surface area contributed by atoms with Crippen LogP contribution in [0.2, 0.25) is 0 Å². The van der Waals surface area contributed by atoms with Gasteiger partial charge in [-0.3, -0.25) is 14.4 Å². The Morgan fingerprint density at radius 1 is 0.886 bits per heavy atom. The average molecular weight is 617 g/mol. The number of aliphatic hydroxyl groups is 2. The van der Waals surface area contributed by atoms with Crippen LogP contribution in [0.5, 0.6) is 0 Å². The fourth-order valence-corrected chi connectivity index (χ4v) is 12.4. The number of esters is 3. The summed E-state index contributed by atoms with van der Waals surface area (Å²) in [6.07, 6.45) is 4.76. The van der Waals surface area contributed by atoms with Crippen LogP contribution in [-0.4, -0.2) is 59.1 Å². The number of methoxy groups -OCH3 is 1. The van der Waals surface area contributed by atoms with E-state index in [0.29, 0.717) is 25.7 Å². The number of rotatable bonds is 3. The van der Waals surface area contributed by atoms with Crippen molar-refractivity contribution >= 4 is 17.9 Å². The SMILES string of the molecule is COC(=O)C12CCC(C)C(C)(O)C1(C)C1=CC(OC(C)=O)C3C4(C)CC(OC(C)=O)C(O)C(C)(C)C4CCC3(C)C1(C)CC2. The van der Waals surface area contributed by atoms with Crippen LogP contribution in [0, 0.1) is 50.2 Å². The van der Waals surface area contributed by atoms with E-state index in [-0.39, 0.29) is 29.7 Å². The molecule has 0 bridgehead atoms. The lowest BCUT2D eigenvalue weighted by molar-refractivity contribution is -0.267. The molecular formula is C36H56O8. The van der Waals surface area contributed by atoms with Crippen molar-refractivity contribution in [3.63, 3.8) is 0 Å². The van der Waals surface area contributed by atoms with Crippen LogP contribution in [0.15, 0.2) is 11.6 Å². The molecule has 5 aliphatic rings. The molecule has 0 aromatic heterocycles. The molecule has 12 atom stereocenters. The van der Waals surface area contributed by atoms with E-state index in [1.54, 1.807) is 0 Å². The van der Waals surface area contributed by atoms with E-state index >= 15 is 0 Å². The highest BCUT2D eigenvalue weighted by atomic mass is 16.6. The van der Waals surface area contributed by atoms with E-state index < -0.39 is 62.4 Å². The van der Waals surface area contributed by atoms with Gasteiger partial charge in [-0.2, -0.15) is 0 Å². The van der Waals surface area contributed by atoms with Crippen LogP contribution in [0.25, 0.3) is 0 Å². The van der Waals surface area contributed by atoms with Crippen molar-refractivity contribution in [3.8, 4) is 0 Å². The van der Waals surface area contributed by atoms with Crippen LogP contribution >= 0.6 is 0 Å². The Labute approximate surface area is 263 Å². The van der Waals surface area contributed by atoms with Crippen molar-refractivity contribution in [2.45, 2.75) is 138 Å². The molecule has 44 heavy (non-hydrogen) atoms. The Morgan fingerprint density at radius 3 is 2.07 bits per heavy atom. The van der Waals surface area contributed by atoms with E-state index in [1.165, 1.54) is 21.0 Å². The first-order chi connectivity index (χ1) is 20.1. The van der Waals surface area contributed by atoms with E-state index in [0.717, 1.165) is 24.8 Å². The molecule has 0 amide bonds. The molecule has 12 unspecified atom stereocenters. The van der Waals surface area contributed by atoms with Crippen LogP contribution in [0.1, 0.15) is 114 Å². The summed E-state index contributed by atoms with van der Waals surface area (Å²) in [5.41, 5.74) is -3.96. The zero-order valence-corrected chi connectivity index (χ0v) is 28.8. The fourth-order valence-electron chi connectivity index (χ4n) is 12.4. The second-order valence-electron chi connectivity index (χ2n) is 16.9. The number of aliphatic hydroxyl groups excluding tert-OH is 1. The van der Waals surface area contributed by atoms with E-state index in [9.17, 15) is 24.6 Å². The molecule has 5 aliphatic carbocycles. The lowest BCUT2D eigenvalue weighted by atomic mass is 9.30. The third-order valence-corrected chi connectivity index (χ3v) is 15.0. The third-order valence-electron chi connectivity index (χ3n) is 15.0. The number of hydrogen-bond acceptors (Lipinski definition) is 8. The molecule has 248 valence electrons. The molecule has 8 heteroatoms. The fraction of sp³-hybridized carbons (Fsp3) is 0.861. The van der Waals surface area contributed by atoms with Gasteiger partial charge in [0.15, 0.2) is 0 Å². The molecule has 0 radical (unpaired) electrons. The van der Waals surface area contributed by atoms with Crippen LogP contribution in [0.3, 0.4) is 0 Å². The maximum absolute atomic E-state index is 13.9. The van der Waals surface area contributed by atoms with Gasteiger partial charge in [-0.1, -0.05) is 54.0 Å². The zero-order valence-electron chi connectivity index (χ0n) is 28.8. The molecule has 0 heterocycles. The number of ether oxygens (including phenoxy) is 3. The number of fused-ring (bicyclic) bond motifs is 7. The van der Waals surface area contributed by atoms with E-state index in [4.69, 9.17) is 14.2 Å². The molecule has 0 spiro atoms. The van der Waals surface area contributed by atoms with Gasteiger partial charge in [-0.25, -0.2) is 0 Å². The van der Waals surface area contributed by atoms with E-state index in [2.05, 4.69) is 54.5 Å². The summed E-state index contributed by atoms with van der Waals surface area (Å²) in [6, 6.07) is 0. The summed E-state index contributed by atoms with van der Waals surface area (Å²) in [4.78, 5) is 39.0. The molecule has 0 aliphatic heterocycles. The maximum atomic E-state index is 13.9. The van der Waals surface area contributed by atoms with Crippen molar-refractivity contribution in [1.82, 2.24) is 0 Å². The highest BCUT2D eigenvalue weighted by Gasteiger charge is 2.77. The van der Waals surface area contributed by atoms with Gasteiger partial charge in [0, 0.05) is 25.2 Å². The standard InChI is InChI=1S/C36H56O8/c1-20-12-15-36(29(40)42-11)17-16-32(7)26(34(36,9)35(20,10)41)18-23(43-21(2)37)27-31(6)19-24(44-22(3)38)28(39)30(4,5)25(31)13-14-33(27,32)8/h18,20,23-25,27-28,39,41H,12-17,19H2,1-11H3. The van der Waals surface area contributed by atoms with E-state index in [1.807, 2.05) is 6.92 Å². The van der Waals surface area contributed by atoms with Crippen LogP contribution in [-0.2, 0) is 28.6 Å². The third kappa shape index (κ3) is 3.91. The normalized spacial score (nSPS) is 50.9. The van der Waals surface area contributed by atoms with Crippen LogP contribution in [0.4, 0.5) is 0 Å². The van der Waals surface area contributed by atoms with Gasteiger partial charge in [0.05, 0.1) is 24.2 Å². The lowest BCUT2D eigenvalue weighted by Gasteiger charge is -2.75. The highest BCUT2D eigenvalue weighted by molar-refractivity contribution is 5.80. The summed E-state index contributed by atoms with van der Waals surface area (Å²) in [6.45, 7) is 19.8. The number of hydrogen-bond donors (Lipinski definition) is 2. The Kier molecular flexibility index (Phi) is 7.62. The van der Waals surface area contributed by atoms with Gasteiger partial charge < -0.3 is 24.4 Å². The molecule has 8 nitrogen and oxygen atoms in total. The Hall–Kier alpha value is -1.93. The molecular weight excluding hydrogens is 560 g/mol. The van der Waals surface area contributed by atoms with Gasteiger partial charge in [-0.15, -0.1) is 0 Å². The van der Waals surface area contributed by atoms with Gasteiger partial charge in [-0.05, 0) is 91.4 Å². The Balaban J connectivity index is 1.78. The first kappa shape index (κ1) is 33.4. The minimum absolute atomic E-state index is 0.0652. The molecule has 0 aromatic rings. The van der Waals surface area contributed by atoms with Crippen molar-refractivity contribution < 1.29 is 38.8 Å². The average Bonchev–Trinajstić information content (AvgIpc) is 2.90. The predicted octanol–water partition coefficient (Wildman–Crippen LogP) is 5.77. The monoisotopic (exact) mass is 616 g/mol. The second kappa shape index (κ2) is 10.0. The quantitative estimate of drug-likeness (QED) is 0.233. The Bertz CT molecular complexity index is 1270.